The highest BCUT2D eigenvalue weighted by Gasteiger charge is 2.27. The lowest BCUT2D eigenvalue weighted by Gasteiger charge is -2.12. The molecule has 2 heterocycles. The Labute approximate surface area is 199 Å². The van der Waals surface area contributed by atoms with Crippen molar-refractivity contribution in [1.82, 2.24) is 10.3 Å². The fourth-order valence-corrected chi connectivity index (χ4v) is 3.59. The molecule has 4 rings (SSSR count). The third-order valence-electron chi connectivity index (χ3n) is 5.11. The number of hydrogen-bond acceptors (Lipinski definition) is 7. The summed E-state index contributed by atoms with van der Waals surface area (Å²) >= 11 is 6.05. The monoisotopic (exact) mass is 478 g/mol. The number of fused-ring (bicyclic) bond motifs is 1. The molecule has 2 aromatic heterocycles. The van der Waals surface area contributed by atoms with Gasteiger partial charge in [0.05, 0.1) is 19.6 Å². The molecule has 1 N–H and O–H groups in total. The Kier molecular flexibility index (Phi) is 6.60. The molecule has 0 fully saturated rings. The zero-order valence-electron chi connectivity index (χ0n) is 18.3. The van der Waals surface area contributed by atoms with Crippen molar-refractivity contribution in [3.05, 3.63) is 98.6 Å². The van der Waals surface area contributed by atoms with Crippen LogP contribution in [0.1, 0.15) is 32.0 Å². The highest BCUT2D eigenvalue weighted by Crippen LogP contribution is 2.29. The van der Waals surface area contributed by atoms with Gasteiger partial charge in [0.25, 0.3) is 5.91 Å². The van der Waals surface area contributed by atoms with E-state index in [4.69, 9.17) is 25.5 Å². The van der Waals surface area contributed by atoms with E-state index in [1.54, 1.807) is 24.5 Å². The molecule has 0 saturated heterocycles. The summed E-state index contributed by atoms with van der Waals surface area (Å²) in [7, 11) is 2.89. The molecule has 2 aromatic carbocycles. The van der Waals surface area contributed by atoms with Crippen molar-refractivity contribution in [2.24, 2.45) is 0 Å². The molecule has 172 valence electrons. The highest BCUT2D eigenvalue weighted by atomic mass is 35.5. The number of nitrogens with zero attached hydrogens (tertiary/aromatic N) is 1. The third kappa shape index (κ3) is 4.49. The minimum atomic E-state index is -0.721. The Morgan fingerprint density at radius 1 is 1.06 bits per heavy atom. The number of hydrogen-bond donors (Lipinski definition) is 1. The van der Waals surface area contributed by atoms with E-state index >= 15 is 0 Å². The molecule has 34 heavy (non-hydrogen) atoms. The van der Waals surface area contributed by atoms with Gasteiger partial charge in [-0.25, -0.2) is 0 Å². The number of nitrogens with one attached hydrogen (secondary N) is 1. The molecule has 0 radical (unpaired) electrons. The molecule has 1 amide bonds. The van der Waals surface area contributed by atoms with Crippen LogP contribution in [0.2, 0.25) is 5.02 Å². The van der Waals surface area contributed by atoms with E-state index in [2.05, 4.69) is 10.3 Å². The number of halogens is 1. The Balaban J connectivity index is 1.83. The van der Waals surface area contributed by atoms with Crippen molar-refractivity contribution in [2.45, 2.75) is 6.54 Å². The average Bonchev–Trinajstić information content (AvgIpc) is 2.87. The molecule has 0 spiro atoms. The molecule has 9 heteroatoms. The first kappa shape index (κ1) is 23.0. The van der Waals surface area contributed by atoms with Crippen LogP contribution in [0, 0.1) is 0 Å². The number of benzene rings is 2. The Hall–Kier alpha value is -4.17. The van der Waals surface area contributed by atoms with Crippen LogP contribution in [0.5, 0.6) is 11.5 Å². The first-order chi connectivity index (χ1) is 16.4. The van der Waals surface area contributed by atoms with Gasteiger partial charge in [-0.1, -0.05) is 17.7 Å². The molecule has 0 unspecified atom stereocenters. The second-order valence-electron chi connectivity index (χ2n) is 7.22. The lowest BCUT2D eigenvalue weighted by atomic mass is 9.99. The number of carbonyl (C=O) groups excluding carboxylic acids is 2. The van der Waals surface area contributed by atoms with Gasteiger partial charge in [-0.2, -0.15) is 0 Å². The second-order valence-corrected chi connectivity index (χ2v) is 7.66. The number of pyridine rings is 1. The Morgan fingerprint density at radius 3 is 2.56 bits per heavy atom. The van der Waals surface area contributed by atoms with Crippen molar-refractivity contribution in [2.75, 3.05) is 14.2 Å². The van der Waals surface area contributed by atoms with E-state index < -0.39 is 28.4 Å². The van der Waals surface area contributed by atoms with Crippen LogP contribution in [0.25, 0.3) is 11.0 Å². The van der Waals surface area contributed by atoms with Crippen molar-refractivity contribution in [3.8, 4) is 11.5 Å². The molecule has 8 nitrogen and oxygen atoms in total. The average molecular weight is 479 g/mol. The molecule has 4 aromatic rings. The van der Waals surface area contributed by atoms with E-state index in [0.29, 0.717) is 11.5 Å². The first-order valence-electron chi connectivity index (χ1n) is 10.1. The standard InChI is InChI=1S/C25H19ClN2O6/c1-32-19-7-5-15(10-20(19)33-2)22(29)21-23(30)17-11-16(26)6-8-18(17)34-24(21)25(31)28-13-14-4-3-9-27-12-14/h3-12H,13H2,1-2H3,(H,28,31). The van der Waals surface area contributed by atoms with Gasteiger partial charge in [0.1, 0.15) is 11.1 Å². The Bertz CT molecular complexity index is 1450. The molecule has 0 atom stereocenters. The maximum Gasteiger partial charge on any atom is 0.288 e. The van der Waals surface area contributed by atoms with Crippen molar-refractivity contribution < 1.29 is 23.5 Å². The summed E-state index contributed by atoms with van der Waals surface area (Å²) in [6, 6.07) is 12.3. The number of amides is 1. The maximum atomic E-state index is 13.5. The van der Waals surface area contributed by atoms with Gasteiger partial charge in [0, 0.05) is 29.5 Å². The largest absolute Gasteiger partial charge is 0.493 e. The topological polar surface area (TPSA) is 108 Å². The second kappa shape index (κ2) is 9.76. The summed E-state index contributed by atoms with van der Waals surface area (Å²) in [5.74, 6) is -1.12. The van der Waals surface area contributed by atoms with Crippen molar-refractivity contribution in [3.63, 3.8) is 0 Å². The lowest BCUT2D eigenvalue weighted by molar-refractivity contribution is 0.0910. The van der Waals surface area contributed by atoms with Crippen LogP contribution >= 0.6 is 11.6 Å². The minimum absolute atomic E-state index is 0.0835. The summed E-state index contributed by atoms with van der Waals surface area (Å²) in [6.45, 7) is 0.124. The van der Waals surface area contributed by atoms with Gasteiger partial charge in [-0.05, 0) is 48.0 Å². The summed E-state index contributed by atoms with van der Waals surface area (Å²) < 4.78 is 16.2. The zero-order valence-corrected chi connectivity index (χ0v) is 19.0. The SMILES string of the molecule is COc1ccc(C(=O)c2c(C(=O)NCc3cccnc3)oc3ccc(Cl)cc3c2=O)cc1OC. The molecule has 0 aliphatic rings. The number of methoxy groups -OCH3 is 2. The fraction of sp³-hybridized carbons (Fsp3) is 0.120. The van der Waals surface area contributed by atoms with Crippen molar-refractivity contribution in [1.29, 1.82) is 0 Å². The van der Waals surface area contributed by atoms with Crippen LogP contribution in [-0.2, 0) is 6.54 Å². The molecular weight excluding hydrogens is 460 g/mol. The van der Waals surface area contributed by atoms with Gasteiger partial charge < -0.3 is 19.2 Å². The van der Waals surface area contributed by atoms with Crippen LogP contribution in [0.4, 0.5) is 0 Å². The predicted molar refractivity (Wildman–Crippen MR) is 126 cm³/mol. The number of aromatic nitrogens is 1. The van der Waals surface area contributed by atoms with Crippen LogP contribution in [0.15, 0.2) is 70.1 Å². The van der Waals surface area contributed by atoms with Gasteiger partial charge in [-0.15, -0.1) is 0 Å². The molecule has 0 aliphatic carbocycles. The zero-order chi connectivity index (χ0) is 24.2. The van der Waals surface area contributed by atoms with E-state index in [1.807, 2.05) is 0 Å². The van der Waals surface area contributed by atoms with Gasteiger partial charge in [0.2, 0.25) is 17.0 Å². The van der Waals surface area contributed by atoms with E-state index in [0.717, 1.165) is 5.56 Å². The molecule has 0 aliphatic heterocycles. The molecular formula is C25H19ClN2O6. The first-order valence-corrected chi connectivity index (χ1v) is 10.5. The van der Waals surface area contributed by atoms with Crippen LogP contribution in [0.3, 0.4) is 0 Å². The van der Waals surface area contributed by atoms with Gasteiger partial charge >= 0.3 is 0 Å². The van der Waals surface area contributed by atoms with E-state index in [9.17, 15) is 14.4 Å². The maximum absolute atomic E-state index is 13.5. The number of ketones is 1. The molecule has 0 saturated carbocycles. The summed E-state index contributed by atoms with van der Waals surface area (Å²) in [5, 5.41) is 3.04. The van der Waals surface area contributed by atoms with Gasteiger partial charge in [0.15, 0.2) is 11.5 Å². The summed E-state index contributed by atoms with van der Waals surface area (Å²) in [4.78, 5) is 43.9. The highest BCUT2D eigenvalue weighted by molar-refractivity contribution is 6.31. The molecule has 0 bridgehead atoms. The quantitative estimate of drug-likeness (QED) is 0.400. The summed E-state index contributed by atoms with van der Waals surface area (Å²) in [6.07, 6.45) is 3.20. The van der Waals surface area contributed by atoms with Crippen LogP contribution in [-0.4, -0.2) is 30.9 Å². The van der Waals surface area contributed by atoms with Crippen LogP contribution < -0.4 is 20.2 Å². The lowest BCUT2D eigenvalue weighted by Crippen LogP contribution is -2.29. The number of carbonyl (C=O) groups is 2. The number of ether oxygens (including phenoxy) is 2. The normalized spacial score (nSPS) is 10.7. The third-order valence-corrected chi connectivity index (χ3v) is 5.34. The Morgan fingerprint density at radius 2 is 1.85 bits per heavy atom. The number of rotatable bonds is 7. The smallest absolute Gasteiger partial charge is 0.288 e. The summed E-state index contributed by atoms with van der Waals surface area (Å²) in [5.41, 5.74) is -0.100. The predicted octanol–water partition coefficient (Wildman–Crippen LogP) is 4.02. The fourth-order valence-electron chi connectivity index (χ4n) is 3.42. The van der Waals surface area contributed by atoms with E-state index in [1.165, 1.54) is 50.6 Å². The minimum Gasteiger partial charge on any atom is -0.493 e. The van der Waals surface area contributed by atoms with Crippen molar-refractivity contribution >= 4 is 34.3 Å². The van der Waals surface area contributed by atoms with E-state index in [-0.39, 0.29) is 28.1 Å². The van der Waals surface area contributed by atoms with Gasteiger partial charge in [-0.3, -0.25) is 19.4 Å².